The highest BCUT2D eigenvalue weighted by molar-refractivity contribution is 5.96. The van der Waals surface area contributed by atoms with E-state index >= 15 is 0 Å². The minimum absolute atomic E-state index is 0.257. The summed E-state index contributed by atoms with van der Waals surface area (Å²) in [7, 11) is 1.74. The average molecular weight is 454 g/mol. The zero-order chi connectivity index (χ0) is 23.8. The summed E-state index contributed by atoms with van der Waals surface area (Å²) < 4.78 is 39.7. The second kappa shape index (κ2) is 8.31. The van der Waals surface area contributed by atoms with Crippen LogP contribution in [0.15, 0.2) is 53.6 Å². The van der Waals surface area contributed by atoms with E-state index in [0.717, 1.165) is 10.1 Å². The Bertz CT molecular complexity index is 1480. The average Bonchev–Trinajstić information content (AvgIpc) is 3.14. The van der Waals surface area contributed by atoms with E-state index in [9.17, 15) is 28.0 Å². The number of aromatic nitrogens is 3. The molecule has 4 aromatic rings. The molecule has 2 aromatic carbocycles. The van der Waals surface area contributed by atoms with E-state index in [1.807, 2.05) is 0 Å². The van der Waals surface area contributed by atoms with Gasteiger partial charge in [-0.1, -0.05) is 12.1 Å². The van der Waals surface area contributed by atoms with Crippen LogP contribution in [0.5, 0.6) is 0 Å². The maximum atomic E-state index is 13.1. The predicted molar refractivity (Wildman–Crippen MR) is 116 cm³/mol. The Hall–Kier alpha value is -4.33. The minimum atomic E-state index is -4.54. The van der Waals surface area contributed by atoms with Crippen molar-refractivity contribution in [3.63, 3.8) is 0 Å². The van der Waals surface area contributed by atoms with E-state index in [0.29, 0.717) is 27.7 Å². The Balaban J connectivity index is 1.71. The molecule has 0 bridgehead atoms. The van der Waals surface area contributed by atoms with E-state index in [4.69, 9.17) is 0 Å². The molecule has 0 saturated carbocycles. The maximum absolute atomic E-state index is 13.1. The molecule has 2 heterocycles. The fourth-order valence-corrected chi connectivity index (χ4v) is 3.54. The Morgan fingerprint density at radius 2 is 2.03 bits per heavy atom. The molecule has 4 rings (SSSR count). The number of aryl methyl sites for hydroxylation is 1. The number of carbonyl (C=O) groups excluding carboxylic acids is 1. The van der Waals surface area contributed by atoms with Crippen LogP contribution in [0.2, 0.25) is 0 Å². The second-order valence-corrected chi connectivity index (χ2v) is 7.37. The van der Waals surface area contributed by atoms with E-state index in [2.05, 4.69) is 16.5 Å². The molecule has 0 aliphatic rings. The summed E-state index contributed by atoms with van der Waals surface area (Å²) in [6.07, 6.45) is -1.59. The summed E-state index contributed by atoms with van der Waals surface area (Å²) >= 11 is 0. The molecule has 33 heavy (non-hydrogen) atoms. The largest absolute Gasteiger partial charge is 0.405 e. The summed E-state index contributed by atoms with van der Waals surface area (Å²) in [5.41, 5.74) is 1.55. The fraction of sp³-hybridized carbons (Fsp3) is 0.182. The van der Waals surface area contributed by atoms with Crippen molar-refractivity contribution in [2.45, 2.75) is 12.7 Å². The molecule has 0 fully saturated rings. The highest BCUT2D eigenvalue weighted by Crippen LogP contribution is 2.28. The van der Waals surface area contributed by atoms with Crippen LogP contribution in [0, 0.1) is 11.3 Å². The lowest BCUT2D eigenvalue weighted by atomic mass is 10.1. The van der Waals surface area contributed by atoms with Gasteiger partial charge in [-0.3, -0.25) is 14.3 Å². The quantitative estimate of drug-likeness (QED) is 0.482. The van der Waals surface area contributed by atoms with E-state index in [-0.39, 0.29) is 5.39 Å². The molecule has 2 aromatic heterocycles. The molecule has 1 amide bonds. The van der Waals surface area contributed by atoms with Crippen molar-refractivity contribution in [2.75, 3.05) is 11.9 Å². The molecule has 0 spiro atoms. The van der Waals surface area contributed by atoms with Gasteiger partial charge in [0.15, 0.2) is 0 Å². The normalized spacial score (nSPS) is 11.5. The molecule has 0 atom stereocenters. The third kappa shape index (κ3) is 4.50. The summed E-state index contributed by atoms with van der Waals surface area (Å²) in [5, 5.41) is 20.1. The third-order valence-corrected chi connectivity index (χ3v) is 5.07. The van der Waals surface area contributed by atoms with Gasteiger partial charge in [-0.15, -0.1) is 0 Å². The zero-order valence-electron chi connectivity index (χ0n) is 17.3. The van der Waals surface area contributed by atoms with Crippen LogP contribution < -0.4 is 16.2 Å². The molecule has 0 saturated heterocycles. The van der Waals surface area contributed by atoms with Crippen molar-refractivity contribution in [1.29, 1.82) is 5.26 Å². The summed E-state index contributed by atoms with van der Waals surface area (Å²) in [6, 6.07) is 12.3. The monoisotopic (exact) mass is 454 g/mol. The van der Waals surface area contributed by atoms with Crippen LogP contribution in [0.1, 0.15) is 5.56 Å². The third-order valence-electron chi connectivity index (χ3n) is 5.07. The van der Waals surface area contributed by atoms with Crippen LogP contribution in [0.25, 0.3) is 21.7 Å². The smallest absolute Gasteiger partial charge is 0.355 e. The highest BCUT2D eigenvalue weighted by Gasteiger charge is 2.27. The summed E-state index contributed by atoms with van der Waals surface area (Å²) in [4.78, 5) is 25.0. The van der Waals surface area contributed by atoms with Gasteiger partial charge in [0, 0.05) is 24.3 Å². The van der Waals surface area contributed by atoms with Crippen LogP contribution in [0.3, 0.4) is 0 Å². The molecule has 0 aliphatic carbocycles. The molecule has 0 aliphatic heterocycles. The number of nitriles is 1. The van der Waals surface area contributed by atoms with E-state index in [1.54, 1.807) is 59.6 Å². The number of carbonyl (C=O) groups is 1. The number of fused-ring (bicyclic) bond motifs is 2. The molecule has 168 valence electrons. The number of halogens is 3. The Morgan fingerprint density at radius 1 is 1.24 bits per heavy atom. The van der Waals surface area contributed by atoms with E-state index in [1.165, 1.54) is 6.20 Å². The van der Waals surface area contributed by atoms with Crippen LogP contribution in [0.4, 0.5) is 24.5 Å². The van der Waals surface area contributed by atoms with Crippen molar-refractivity contribution >= 4 is 39.0 Å². The van der Waals surface area contributed by atoms with Crippen LogP contribution in [-0.2, 0) is 18.4 Å². The van der Waals surface area contributed by atoms with Gasteiger partial charge in [0.2, 0.25) is 5.91 Å². The number of hydrogen-bond donors (Lipinski definition) is 2. The Morgan fingerprint density at radius 3 is 2.76 bits per heavy atom. The molecular weight excluding hydrogens is 437 g/mol. The number of anilines is 2. The number of benzene rings is 2. The van der Waals surface area contributed by atoms with Gasteiger partial charge in [-0.2, -0.15) is 23.5 Å². The summed E-state index contributed by atoms with van der Waals surface area (Å²) in [6.45, 7) is -2.03. The number of nitrogens with one attached hydrogen (secondary N) is 2. The second-order valence-electron chi connectivity index (χ2n) is 7.37. The van der Waals surface area contributed by atoms with Gasteiger partial charge in [-0.05, 0) is 29.7 Å². The minimum Gasteiger partial charge on any atom is -0.355 e. The van der Waals surface area contributed by atoms with Gasteiger partial charge >= 0.3 is 6.18 Å². The first-order valence-electron chi connectivity index (χ1n) is 9.75. The van der Waals surface area contributed by atoms with Crippen molar-refractivity contribution in [3.05, 3.63) is 64.7 Å². The highest BCUT2D eigenvalue weighted by atomic mass is 19.4. The number of amides is 1. The van der Waals surface area contributed by atoms with Crippen molar-refractivity contribution < 1.29 is 18.0 Å². The molecule has 11 heteroatoms. The molecular formula is C22H17F3N6O2. The predicted octanol–water partition coefficient (Wildman–Crippen LogP) is 3.18. The van der Waals surface area contributed by atoms with Crippen molar-refractivity contribution in [2.24, 2.45) is 7.05 Å². The van der Waals surface area contributed by atoms with E-state index < -0.39 is 30.7 Å². The van der Waals surface area contributed by atoms with Crippen LogP contribution in [-0.4, -0.2) is 33.0 Å². The van der Waals surface area contributed by atoms with Crippen molar-refractivity contribution in [1.82, 2.24) is 19.7 Å². The number of pyridine rings is 1. The lowest BCUT2D eigenvalue weighted by Gasteiger charge is -2.13. The van der Waals surface area contributed by atoms with Gasteiger partial charge in [0.05, 0.1) is 34.4 Å². The first-order valence-corrected chi connectivity index (χ1v) is 9.75. The van der Waals surface area contributed by atoms with Gasteiger partial charge < -0.3 is 15.2 Å². The first kappa shape index (κ1) is 21.9. The van der Waals surface area contributed by atoms with Gasteiger partial charge in [0.25, 0.3) is 5.56 Å². The SMILES string of the molecule is Cn1ncc2c(C#N)cc(Nc3cccc4ccn(CC(=O)NCC(F)(F)F)c(=O)c34)cc21. The molecule has 0 unspecified atom stereocenters. The van der Waals surface area contributed by atoms with Crippen molar-refractivity contribution in [3.8, 4) is 6.07 Å². The maximum Gasteiger partial charge on any atom is 0.405 e. The number of alkyl halides is 3. The summed E-state index contributed by atoms with van der Waals surface area (Å²) in [5.74, 6) is -0.931. The lowest BCUT2D eigenvalue weighted by molar-refractivity contribution is -0.138. The van der Waals surface area contributed by atoms with Gasteiger partial charge in [0.1, 0.15) is 13.1 Å². The standard InChI is InChI=1S/C22H17F3N6O2/c1-30-18-8-15(7-14(9-26)16(18)10-28-30)29-17-4-2-3-13-5-6-31(21(33)20(13)17)11-19(32)27-12-22(23,24)25/h2-8,10,29H,11-12H2,1H3,(H,27,32). The first-order chi connectivity index (χ1) is 15.7. The molecule has 0 radical (unpaired) electrons. The number of rotatable bonds is 5. The fourth-order valence-electron chi connectivity index (χ4n) is 3.54. The topological polar surface area (TPSA) is 105 Å². The van der Waals surface area contributed by atoms with Gasteiger partial charge in [-0.25, -0.2) is 0 Å². The molecule has 2 N–H and O–H groups in total. The zero-order valence-corrected chi connectivity index (χ0v) is 17.3. The Labute approximate surface area is 184 Å². The molecule has 8 nitrogen and oxygen atoms in total. The van der Waals surface area contributed by atoms with Crippen LogP contribution >= 0.6 is 0 Å². The lowest BCUT2D eigenvalue weighted by Crippen LogP contribution is -2.37. The number of hydrogen-bond acceptors (Lipinski definition) is 5. The number of nitrogens with zero attached hydrogens (tertiary/aromatic N) is 4. The Kier molecular flexibility index (Phi) is 5.51.